The molecule has 2 N–H and O–H groups in total. The monoisotopic (exact) mass is 335 g/mol. The first kappa shape index (κ1) is 17.9. The van der Waals surface area contributed by atoms with E-state index in [2.05, 4.69) is 20.5 Å². The molecule has 9 nitrogen and oxygen atoms in total. The van der Waals surface area contributed by atoms with E-state index in [0.717, 1.165) is 5.82 Å². The van der Waals surface area contributed by atoms with Crippen molar-refractivity contribution < 1.29 is 9.90 Å². The lowest BCUT2D eigenvalue weighted by Gasteiger charge is -2.24. The Balaban J connectivity index is 2.07. The maximum atomic E-state index is 12.6. The summed E-state index contributed by atoms with van der Waals surface area (Å²) in [6, 6.07) is -0.377. The fourth-order valence-electron chi connectivity index (χ4n) is 2.39. The number of urea groups is 1. The number of hydrogen-bond acceptors (Lipinski definition) is 5. The SMILES string of the molecule is CC(C)n1cnnc1[C@H](C)NC(=O)N(CCO)Cc1nccn1C. The molecule has 0 aliphatic heterocycles. The molecular weight excluding hydrogens is 310 g/mol. The molecule has 0 saturated heterocycles. The van der Waals surface area contributed by atoms with Crippen molar-refractivity contribution >= 4 is 6.03 Å². The zero-order valence-corrected chi connectivity index (χ0v) is 14.5. The molecule has 1 atom stereocenters. The fraction of sp³-hybridized carbons (Fsp3) is 0.600. The van der Waals surface area contributed by atoms with Gasteiger partial charge in [0.25, 0.3) is 0 Å². The Labute approximate surface area is 141 Å². The third-order valence-electron chi connectivity index (χ3n) is 3.79. The molecule has 24 heavy (non-hydrogen) atoms. The first-order valence-electron chi connectivity index (χ1n) is 7.96. The van der Waals surface area contributed by atoms with E-state index < -0.39 is 0 Å². The number of hydrogen-bond donors (Lipinski definition) is 2. The van der Waals surface area contributed by atoms with Crippen molar-refractivity contribution in [2.24, 2.45) is 7.05 Å². The molecule has 2 aromatic heterocycles. The Bertz CT molecular complexity index is 664. The molecule has 0 unspecified atom stereocenters. The number of aliphatic hydroxyl groups is 1. The Morgan fingerprint density at radius 1 is 1.42 bits per heavy atom. The van der Waals surface area contributed by atoms with Gasteiger partial charge in [-0.2, -0.15) is 0 Å². The molecule has 0 aromatic carbocycles. The number of carbonyl (C=O) groups excluding carboxylic acids is 1. The highest BCUT2D eigenvalue weighted by molar-refractivity contribution is 5.74. The molecule has 9 heteroatoms. The standard InChI is InChI=1S/C15H25N7O2/c1-11(2)22-10-17-19-14(22)12(3)18-15(24)21(7-8-23)9-13-16-5-6-20(13)4/h5-6,10-12,23H,7-9H2,1-4H3,(H,18,24)/t12-/m0/s1. The number of imidazole rings is 1. The zero-order valence-electron chi connectivity index (χ0n) is 14.5. The molecule has 2 heterocycles. The number of aliphatic hydroxyl groups excluding tert-OH is 1. The van der Waals surface area contributed by atoms with Crippen LogP contribution in [0, 0.1) is 0 Å². The van der Waals surface area contributed by atoms with Crippen LogP contribution in [0.25, 0.3) is 0 Å². The Morgan fingerprint density at radius 3 is 2.75 bits per heavy atom. The van der Waals surface area contributed by atoms with Gasteiger partial charge in [0.2, 0.25) is 0 Å². The summed E-state index contributed by atoms with van der Waals surface area (Å²) < 4.78 is 3.76. The van der Waals surface area contributed by atoms with Crippen LogP contribution < -0.4 is 5.32 Å². The molecule has 0 aliphatic carbocycles. The highest BCUT2D eigenvalue weighted by Crippen LogP contribution is 2.14. The summed E-state index contributed by atoms with van der Waals surface area (Å²) in [7, 11) is 1.87. The van der Waals surface area contributed by atoms with Gasteiger partial charge in [0.1, 0.15) is 12.2 Å². The molecule has 2 aromatic rings. The van der Waals surface area contributed by atoms with E-state index >= 15 is 0 Å². The summed E-state index contributed by atoms with van der Waals surface area (Å²) in [6.45, 7) is 6.34. The number of aryl methyl sites for hydroxylation is 1. The van der Waals surface area contributed by atoms with Gasteiger partial charge in [0, 0.05) is 32.0 Å². The molecule has 2 rings (SSSR count). The van der Waals surface area contributed by atoms with E-state index in [1.807, 2.05) is 43.1 Å². The second-order valence-corrected chi connectivity index (χ2v) is 5.96. The van der Waals surface area contributed by atoms with Gasteiger partial charge in [-0.15, -0.1) is 10.2 Å². The highest BCUT2D eigenvalue weighted by atomic mass is 16.3. The molecule has 0 fully saturated rings. The summed E-state index contributed by atoms with van der Waals surface area (Å²) in [6.07, 6.45) is 5.15. The van der Waals surface area contributed by atoms with Crippen molar-refractivity contribution in [2.75, 3.05) is 13.2 Å². The zero-order chi connectivity index (χ0) is 17.7. The van der Waals surface area contributed by atoms with E-state index in [1.54, 1.807) is 12.5 Å². The van der Waals surface area contributed by atoms with Crippen molar-refractivity contribution in [3.63, 3.8) is 0 Å². The summed E-state index contributed by atoms with van der Waals surface area (Å²) >= 11 is 0. The van der Waals surface area contributed by atoms with Gasteiger partial charge in [-0.1, -0.05) is 0 Å². The Hall–Kier alpha value is -2.42. The summed E-state index contributed by atoms with van der Waals surface area (Å²) in [5.74, 6) is 1.44. The fourth-order valence-corrected chi connectivity index (χ4v) is 2.39. The van der Waals surface area contributed by atoms with Crippen molar-refractivity contribution in [3.8, 4) is 0 Å². The number of carbonyl (C=O) groups is 1. The van der Waals surface area contributed by atoms with Gasteiger partial charge in [0.15, 0.2) is 5.82 Å². The molecule has 0 aliphatic rings. The van der Waals surface area contributed by atoms with Crippen LogP contribution in [0.3, 0.4) is 0 Å². The van der Waals surface area contributed by atoms with Crippen LogP contribution in [-0.2, 0) is 13.6 Å². The number of rotatable bonds is 7. The van der Waals surface area contributed by atoms with Crippen LogP contribution in [0.15, 0.2) is 18.7 Å². The molecular formula is C15H25N7O2. The van der Waals surface area contributed by atoms with Gasteiger partial charge >= 0.3 is 6.03 Å². The highest BCUT2D eigenvalue weighted by Gasteiger charge is 2.21. The van der Waals surface area contributed by atoms with Crippen LogP contribution in [0.5, 0.6) is 0 Å². The van der Waals surface area contributed by atoms with E-state index in [9.17, 15) is 9.90 Å². The van der Waals surface area contributed by atoms with Crippen LogP contribution in [0.4, 0.5) is 4.79 Å². The average Bonchev–Trinajstić information content (AvgIpc) is 3.16. The van der Waals surface area contributed by atoms with Crippen LogP contribution in [0.2, 0.25) is 0 Å². The van der Waals surface area contributed by atoms with Gasteiger partial charge in [-0.25, -0.2) is 9.78 Å². The quantitative estimate of drug-likeness (QED) is 0.781. The van der Waals surface area contributed by atoms with Gasteiger partial charge in [-0.3, -0.25) is 0 Å². The Morgan fingerprint density at radius 2 is 2.17 bits per heavy atom. The van der Waals surface area contributed by atoms with Crippen LogP contribution in [0.1, 0.15) is 44.5 Å². The van der Waals surface area contributed by atoms with Crippen molar-refractivity contribution in [1.29, 1.82) is 0 Å². The van der Waals surface area contributed by atoms with Crippen molar-refractivity contribution in [1.82, 2.24) is 34.5 Å². The largest absolute Gasteiger partial charge is 0.395 e. The number of nitrogens with one attached hydrogen (secondary N) is 1. The van der Waals surface area contributed by atoms with Crippen molar-refractivity contribution in [3.05, 3.63) is 30.4 Å². The topological polar surface area (TPSA) is 101 Å². The average molecular weight is 335 g/mol. The molecule has 0 spiro atoms. The van der Waals surface area contributed by atoms with Gasteiger partial charge in [0.05, 0.1) is 19.2 Å². The first-order chi connectivity index (χ1) is 11.4. The second kappa shape index (κ2) is 7.91. The van der Waals surface area contributed by atoms with Crippen LogP contribution in [-0.4, -0.2) is 53.5 Å². The lowest BCUT2D eigenvalue weighted by Crippen LogP contribution is -2.43. The third kappa shape index (κ3) is 4.10. The maximum absolute atomic E-state index is 12.6. The van der Waals surface area contributed by atoms with Crippen molar-refractivity contribution in [2.45, 2.75) is 39.4 Å². The lowest BCUT2D eigenvalue weighted by molar-refractivity contribution is 0.168. The predicted octanol–water partition coefficient (Wildman–Crippen LogP) is 0.858. The van der Waals surface area contributed by atoms with E-state index in [1.165, 1.54) is 4.90 Å². The smallest absolute Gasteiger partial charge is 0.318 e. The molecule has 132 valence electrons. The minimum absolute atomic E-state index is 0.117. The van der Waals surface area contributed by atoms with Gasteiger partial charge < -0.3 is 24.5 Å². The predicted molar refractivity (Wildman–Crippen MR) is 88.1 cm³/mol. The number of amides is 2. The molecule has 2 amide bonds. The van der Waals surface area contributed by atoms with E-state index in [-0.39, 0.29) is 31.3 Å². The van der Waals surface area contributed by atoms with Crippen LogP contribution >= 0.6 is 0 Å². The summed E-state index contributed by atoms with van der Waals surface area (Å²) in [5, 5.41) is 20.2. The maximum Gasteiger partial charge on any atom is 0.318 e. The molecule has 0 radical (unpaired) electrons. The normalized spacial score (nSPS) is 12.4. The van der Waals surface area contributed by atoms with E-state index in [4.69, 9.17) is 0 Å². The van der Waals surface area contributed by atoms with Gasteiger partial charge in [-0.05, 0) is 20.8 Å². The number of aromatic nitrogens is 5. The molecule has 0 saturated carbocycles. The summed E-state index contributed by atoms with van der Waals surface area (Å²) in [5.41, 5.74) is 0. The lowest BCUT2D eigenvalue weighted by atomic mass is 10.3. The third-order valence-corrected chi connectivity index (χ3v) is 3.79. The summed E-state index contributed by atoms with van der Waals surface area (Å²) in [4.78, 5) is 18.3. The second-order valence-electron chi connectivity index (χ2n) is 5.96. The Kier molecular flexibility index (Phi) is 5.91. The number of nitrogens with zero attached hydrogens (tertiary/aromatic N) is 6. The minimum atomic E-state index is -0.301. The first-order valence-corrected chi connectivity index (χ1v) is 7.96. The minimum Gasteiger partial charge on any atom is -0.395 e. The van der Waals surface area contributed by atoms with E-state index in [0.29, 0.717) is 12.4 Å². The molecule has 0 bridgehead atoms.